The number of aliphatic hydroxyl groups is 1. The summed E-state index contributed by atoms with van der Waals surface area (Å²) < 4.78 is 50.7. The molecule has 3 aromatic rings. The Morgan fingerprint density at radius 3 is 2.50 bits per heavy atom. The number of hydrogen-bond donors (Lipinski definition) is 4. The van der Waals surface area contributed by atoms with Crippen LogP contribution < -0.4 is 20.7 Å². The molecule has 1 aliphatic heterocycles. The van der Waals surface area contributed by atoms with E-state index >= 15 is 0 Å². The molecule has 1 fully saturated rings. The van der Waals surface area contributed by atoms with E-state index in [0.29, 0.717) is 66.7 Å². The Bertz CT molecular complexity index is 1320. The largest absolute Gasteiger partial charge is 0.497 e. The van der Waals surface area contributed by atoms with Crippen LogP contribution in [0.4, 0.5) is 13.2 Å². The number of halogens is 3. The van der Waals surface area contributed by atoms with Gasteiger partial charge in [0.1, 0.15) is 18.1 Å². The molecular weight excluding hydrogens is 529 g/mol. The van der Waals surface area contributed by atoms with E-state index in [1.165, 1.54) is 0 Å². The molecule has 2 aromatic carbocycles. The number of ether oxygens (including phenoxy) is 2. The van der Waals surface area contributed by atoms with Gasteiger partial charge in [-0.2, -0.15) is 0 Å². The summed E-state index contributed by atoms with van der Waals surface area (Å²) in [6.07, 6.45) is 2.04. The van der Waals surface area contributed by atoms with Gasteiger partial charge in [0.2, 0.25) is 5.91 Å². The van der Waals surface area contributed by atoms with Crippen molar-refractivity contribution in [3.63, 3.8) is 0 Å². The van der Waals surface area contributed by atoms with Crippen molar-refractivity contribution in [3.05, 3.63) is 65.1 Å². The van der Waals surface area contributed by atoms with E-state index in [1.807, 2.05) is 4.90 Å². The summed E-state index contributed by atoms with van der Waals surface area (Å²) in [6.45, 7) is 1.65. The van der Waals surface area contributed by atoms with Crippen LogP contribution in [-0.4, -0.2) is 59.5 Å². The number of nitrogens with two attached hydrogens (primary N) is 1. The summed E-state index contributed by atoms with van der Waals surface area (Å²) in [6, 6.07) is 6.95. The Morgan fingerprint density at radius 1 is 1.18 bits per heavy atom. The number of aliphatic hydroxyl groups excluding tert-OH is 1. The molecule has 4 rings (SSSR count). The number of hydrogen-bond acceptors (Lipinski definition) is 8. The molecule has 5 N–H and O–H groups in total. The lowest BCUT2D eigenvalue weighted by Gasteiger charge is -2.40. The number of fused-ring (bicyclic) bond motifs is 1. The van der Waals surface area contributed by atoms with E-state index in [1.54, 1.807) is 37.0 Å². The summed E-state index contributed by atoms with van der Waals surface area (Å²) in [5.74, 6) is -4.23. The fraction of sp³-hybridized carbons (Fsp3) is 0.429. The predicted octanol–water partition coefficient (Wildman–Crippen LogP) is 3.60. The van der Waals surface area contributed by atoms with E-state index in [9.17, 15) is 28.3 Å². The molecule has 0 saturated carbocycles. The van der Waals surface area contributed by atoms with Crippen molar-refractivity contribution < 1.29 is 37.8 Å². The monoisotopic (exact) mass is 562 g/mol. The Hall–Kier alpha value is -3.45. The highest BCUT2D eigenvalue weighted by Crippen LogP contribution is 2.40. The van der Waals surface area contributed by atoms with Crippen molar-refractivity contribution in [2.75, 3.05) is 33.4 Å². The molecule has 216 valence electrons. The first kappa shape index (κ1) is 29.5. The third kappa shape index (κ3) is 6.30. The second-order valence-corrected chi connectivity index (χ2v) is 9.95. The molecule has 1 saturated heterocycles. The van der Waals surface area contributed by atoms with Crippen LogP contribution in [0.15, 0.2) is 36.5 Å². The second-order valence-electron chi connectivity index (χ2n) is 9.95. The molecule has 0 bridgehead atoms. The van der Waals surface area contributed by atoms with Gasteiger partial charge in [-0.15, -0.1) is 0 Å². The van der Waals surface area contributed by atoms with Crippen molar-refractivity contribution >= 4 is 16.8 Å². The second kappa shape index (κ2) is 12.8. The smallest absolute Gasteiger partial charge is 0.249 e. The van der Waals surface area contributed by atoms with E-state index in [0.717, 1.165) is 12.1 Å². The zero-order valence-corrected chi connectivity index (χ0v) is 22.1. The molecule has 0 unspecified atom stereocenters. The lowest BCUT2D eigenvalue weighted by Crippen LogP contribution is -2.49. The molecule has 9 nitrogen and oxygen atoms in total. The Labute approximate surface area is 229 Å². The van der Waals surface area contributed by atoms with Gasteiger partial charge in [0.15, 0.2) is 17.5 Å². The molecule has 1 atom stereocenters. The van der Waals surface area contributed by atoms with E-state index < -0.39 is 34.9 Å². The van der Waals surface area contributed by atoms with E-state index in [2.05, 4.69) is 4.98 Å². The number of nitrogens with zero attached hydrogens (tertiary/aromatic N) is 2. The topological polar surface area (TPSA) is 130 Å². The van der Waals surface area contributed by atoms with Gasteiger partial charge in [-0.1, -0.05) is 0 Å². The Morgan fingerprint density at radius 2 is 1.88 bits per heavy atom. The quantitative estimate of drug-likeness (QED) is 0.159. The van der Waals surface area contributed by atoms with Crippen LogP contribution >= 0.6 is 0 Å². The molecule has 12 heteroatoms. The van der Waals surface area contributed by atoms with Crippen LogP contribution in [0.5, 0.6) is 11.5 Å². The van der Waals surface area contributed by atoms with Crippen molar-refractivity contribution in [1.29, 1.82) is 0 Å². The van der Waals surface area contributed by atoms with Crippen LogP contribution in [-0.2, 0) is 11.3 Å². The first-order valence-corrected chi connectivity index (χ1v) is 13.0. The summed E-state index contributed by atoms with van der Waals surface area (Å²) in [7, 11) is 1.55. The first-order valence-electron chi connectivity index (χ1n) is 13.0. The Balaban J connectivity index is 1.41. The van der Waals surface area contributed by atoms with Crippen LogP contribution in [0, 0.1) is 22.9 Å². The summed E-state index contributed by atoms with van der Waals surface area (Å²) in [5, 5.41) is 21.5. The summed E-state index contributed by atoms with van der Waals surface area (Å²) in [4.78, 5) is 19.3. The van der Waals surface area contributed by atoms with Crippen LogP contribution in [0.25, 0.3) is 10.9 Å². The van der Waals surface area contributed by atoms with Gasteiger partial charge < -0.3 is 20.3 Å². The molecule has 1 amide bonds. The highest BCUT2D eigenvalue weighted by Gasteiger charge is 2.41. The fourth-order valence-corrected chi connectivity index (χ4v) is 5.30. The lowest BCUT2D eigenvalue weighted by molar-refractivity contribution is -0.143. The van der Waals surface area contributed by atoms with Gasteiger partial charge in [0, 0.05) is 36.8 Å². The molecule has 0 aliphatic carbocycles. The zero-order chi connectivity index (χ0) is 28.9. The Kier molecular flexibility index (Phi) is 9.46. The third-order valence-electron chi connectivity index (χ3n) is 7.68. The number of benzene rings is 2. The van der Waals surface area contributed by atoms with Gasteiger partial charge >= 0.3 is 0 Å². The van der Waals surface area contributed by atoms with Crippen molar-refractivity contribution in [3.8, 4) is 11.5 Å². The van der Waals surface area contributed by atoms with Crippen molar-refractivity contribution in [2.24, 2.45) is 11.1 Å². The summed E-state index contributed by atoms with van der Waals surface area (Å²) in [5.41, 5.74) is 8.82. The standard InChI is InChI=1S/C28H33F3N4O5/c1-39-18-2-3-23-20(12-18)25(17(15-32)16-33-23)24(36)4-5-28(27(37)34-38)6-8-35(9-7-28)10-11-40-19-13-21(29)26(31)22(30)14-19/h2-3,12-14,16,24,36,38H,4-11,15,32H2,1H3,(H,34,37)/t24-/m1/s1. The number of piperidine rings is 1. The molecule has 1 aromatic heterocycles. The van der Waals surface area contributed by atoms with Gasteiger partial charge in [0.25, 0.3) is 0 Å². The van der Waals surface area contributed by atoms with Gasteiger partial charge in [-0.3, -0.25) is 19.9 Å². The van der Waals surface area contributed by atoms with Crippen molar-refractivity contribution in [1.82, 2.24) is 15.4 Å². The van der Waals surface area contributed by atoms with Gasteiger partial charge in [-0.25, -0.2) is 18.7 Å². The average molecular weight is 563 g/mol. The third-order valence-corrected chi connectivity index (χ3v) is 7.68. The maximum atomic E-state index is 13.4. The molecule has 2 heterocycles. The lowest BCUT2D eigenvalue weighted by atomic mass is 9.73. The first-order chi connectivity index (χ1) is 19.2. The molecule has 0 spiro atoms. The minimum Gasteiger partial charge on any atom is -0.497 e. The highest BCUT2D eigenvalue weighted by molar-refractivity contribution is 5.85. The number of pyridine rings is 1. The number of hydroxylamine groups is 1. The van der Waals surface area contributed by atoms with Gasteiger partial charge in [-0.05, 0) is 68.1 Å². The van der Waals surface area contributed by atoms with Gasteiger partial charge in [0.05, 0.1) is 24.1 Å². The predicted molar refractivity (Wildman–Crippen MR) is 140 cm³/mol. The zero-order valence-electron chi connectivity index (χ0n) is 22.1. The fourth-order valence-electron chi connectivity index (χ4n) is 5.30. The molecule has 40 heavy (non-hydrogen) atoms. The van der Waals surface area contributed by atoms with E-state index in [4.69, 9.17) is 15.2 Å². The van der Waals surface area contributed by atoms with Crippen molar-refractivity contribution in [2.45, 2.75) is 38.3 Å². The highest BCUT2D eigenvalue weighted by atomic mass is 19.2. The number of likely N-dealkylation sites (tertiary alicyclic amines) is 1. The van der Waals surface area contributed by atoms with Crippen LogP contribution in [0.2, 0.25) is 0 Å². The number of carbonyl (C=O) groups excluding carboxylic acids is 1. The number of nitrogens with one attached hydrogen (secondary N) is 1. The molecule has 1 aliphatic rings. The van der Waals surface area contributed by atoms with Crippen LogP contribution in [0.3, 0.4) is 0 Å². The normalized spacial score (nSPS) is 16.1. The average Bonchev–Trinajstić information content (AvgIpc) is 2.97. The number of amides is 1. The number of methoxy groups -OCH3 is 1. The molecule has 0 radical (unpaired) electrons. The SMILES string of the molecule is COc1ccc2ncc(CN)c([C@H](O)CCC3(C(=O)NO)CCN(CCOc4cc(F)c(F)c(F)c4)CC3)c2c1. The number of carbonyl (C=O) groups is 1. The minimum absolute atomic E-state index is 0.100. The molecular formula is C28H33F3N4O5. The maximum Gasteiger partial charge on any atom is 0.249 e. The number of aromatic nitrogens is 1. The van der Waals surface area contributed by atoms with Crippen LogP contribution in [0.1, 0.15) is 42.9 Å². The maximum absolute atomic E-state index is 13.4. The minimum atomic E-state index is -1.55. The number of rotatable bonds is 11. The van der Waals surface area contributed by atoms with E-state index in [-0.39, 0.29) is 25.3 Å². The summed E-state index contributed by atoms with van der Waals surface area (Å²) >= 11 is 0.